The predicted molar refractivity (Wildman–Crippen MR) is 70.6 cm³/mol. The van der Waals surface area contributed by atoms with Gasteiger partial charge in [-0.2, -0.15) is 0 Å². The molecule has 6 heteroatoms. The van der Waals surface area contributed by atoms with Gasteiger partial charge >= 0.3 is 0 Å². The fourth-order valence-electron chi connectivity index (χ4n) is 2.20. The summed E-state index contributed by atoms with van der Waals surface area (Å²) in [6, 6.07) is 1.86. The molecule has 0 unspecified atom stereocenters. The summed E-state index contributed by atoms with van der Waals surface area (Å²) in [5.74, 6) is 0.955. The normalized spacial score (nSPS) is 18.7. The summed E-state index contributed by atoms with van der Waals surface area (Å²) >= 11 is 0. The Kier molecular flexibility index (Phi) is 2.98. The van der Waals surface area contributed by atoms with Gasteiger partial charge in [-0.1, -0.05) is 12.2 Å². The van der Waals surface area contributed by atoms with Gasteiger partial charge in [0, 0.05) is 17.8 Å². The van der Waals surface area contributed by atoms with E-state index in [0.29, 0.717) is 11.7 Å². The van der Waals surface area contributed by atoms with Crippen LogP contribution in [0.4, 0.5) is 5.95 Å². The molecule has 0 bridgehead atoms. The lowest BCUT2D eigenvalue weighted by molar-refractivity contribution is -0.120. The lowest BCUT2D eigenvalue weighted by atomic mass is 9.94. The van der Waals surface area contributed by atoms with E-state index in [2.05, 4.69) is 32.7 Å². The number of aromatic nitrogens is 4. The van der Waals surface area contributed by atoms with E-state index >= 15 is 0 Å². The molecule has 0 radical (unpaired) electrons. The Morgan fingerprint density at radius 1 is 1.42 bits per heavy atom. The highest BCUT2D eigenvalue weighted by Gasteiger charge is 2.20. The van der Waals surface area contributed by atoms with E-state index in [1.807, 2.05) is 19.2 Å². The molecule has 3 rings (SSSR count). The number of nitrogens with zero attached hydrogens (tertiary/aromatic N) is 4. The zero-order valence-electron chi connectivity index (χ0n) is 10.7. The molecule has 19 heavy (non-hydrogen) atoms. The standard InChI is InChI=1S/C13H15N5O/c1-9-7-8-18-12(14-9)16-17-13(18)15-11(19)10-5-3-2-4-6-10/h2-3,7-8,10H,4-6H2,1H3,(H,15,17,19)/t10-/m1/s1. The molecule has 2 heterocycles. The maximum Gasteiger partial charge on any atom is 0.256 e. The Morgan fingerprint density at radius 2 is 2.32 bits per heavy atom. The second kappa shape index (κ2) is 4.79. The number of anilines is 1. The van der Waals surface area contributed by atoms with Gasteiger partial charge in [0.25, 0.3) is 5.78 Å². The summed E-state index contributed by atoms with van der Waals surface area (Å²) in [5.41, 5.74) is 0.871. The third kappa shape index (κ3) is 2.33. The molecule has 0 saturated carbocycles. The Hall–Kier alpha value is -2.24. The minimum Gasteiger partial charge on any atom is -0.294 e. The van der Waals surface area contributed by atoms with E-state index in [1.165, 1.54) is 0 Å². The first kappa shape index (κ1) is 11.8. The van der Waals surface area contributed by atoms with E-state index in [9.17, 15) is 4.79 Å². The molecule has 1 N–H and O–H groups in total. The van der Waals surface area contributed by atoms with Crippen LogP contribution in [0.5, 0.6) is 0 Å². The first-order valence-corrected chi connectivity index (χ1v) is 6.38. The van der Waals surface area contributed by atoms with E-state index in [-0.39, 0.29) is 11.8 Å². The van der Waals surface area contributed by atoms with Crippen molar-refractivity contribution in [3.05, 3.63) is 30.1 Å². The second-order valence-electron chi connectivity index (χ2n) is 4.73. The van der Waals surface area contributed by atoms with Gasteiger partial charge in [0.1, 0.15) is 0 Å². The van der Waals surface area contributed by atoms with Crippen LogP contribution in [0.1, 0.15) is 25.0 Å². The smallest absolute Gasteiger partial charge is 0.256 e. The summed E-state index contributed by atoms with van der Waals surface area (Å²) in [5, 5.41) is 10.8. The number of amides is 1. The van der Waals surface area contributed by atoms with Crippen LogP contribution in [0, 0.1) is 12.8 Å². The van der Waals surface area contributed by atoms with Crippen molar-refractivity contribution in [1.29, 1.82) is 0 Å². The molecule has 1 aliphatic carbocycles. The van der Waals surface area contributed by atoms with Crippen molar-refractivity contribution in [3.8, 4) is 0 Å². The molecule has 1 aliphatic rings. The Bertz CT molecular complexity index is 646. The average Bonchev–Trinajstić information content (AvgIpc) is 2.82. The van der Waals surface area contributed by atoms with Crippen molar-refractivity contribution >= 4 is 17.6 Å². The Balaban J connectivity index is 1.81. The number of hydrogen-bond acceptors (Lipinski definition) is 4. The molecule has 0 spiro atoms. The van der Waals surface area contributed by atoms with E-state index in [0.717, 1.165) is 25.0 Å². The van der Waals surface area contributed by atoms with E-state index in [1.54, 1.807) is 4.40 Å². The monoisotopic (exact) mass is 257 g/mol. The maximum atomic E-state index is 12.1. The molecule has 2 aromatic heterocycles. The van der Waals surface area contributed by atoms with E-state index in [4.69, 9.17) is 0 Å². The number of fused-ring (bicyclic) bond motifs is 1. The van der Waals surface area contributed by atoms with Gasteiger partial charge in [-0.15, -0.1) is 10.2 Å². The molecular weight excluding hydrogens is 242 g/mol. The number of rotatable bonds is 2. The molecule has 1 amide bonds. The highest BCUT2D eigenvalue weighted by Crippen LogP contribution is 2.19. The van der Waals surface area contributed by atoms with Crippen molar-refractivity contribution in [2.24, 2.45) is 5.92 Å². The number of allylic oxidation sites excluding steroid dienone is 2. The molecule has 0 fully saturated rings. The first-order chi connectivity index (χ1) is 9.24. The van der Waals surface area contributed by atoms with Crippen molar-refractivity contribution in [1.82, 2.24) is 19.6 Å². The summed E-state index contributed by atoms with van der Waals surface area (Å²) in [7, 11) is 0. The minimum absolute atomic E-state index is 0.000718. The van der Waals surface area contributed by atoms with Gasteiger partial charge in [-0.05, 0) is 32.3 Å². The van der Waals surface area contributed by atoms with Gasteiger partial charge in [0.2, 0.25) is 11.9 Å². The fraction of sp³-hybridized carbons (Fsp3) is 0.385. The fourth-order valence-corrected chi connectivity index (χ4v) is 2.20. The maximum absolute atomic E-state index is 12.1. The van der Waals surface area contributed by atoms with Crippen LogP contribution in [0.3, 0.4) is 0 Å². The lowest BCUT2D eigenvalue weighted by Crippen LogP contribution is -2.24. The third-order valence-corrected chi connectivity index (χ3v) is 3.29. The summed E-state index contributed by atoms with van der Waals surface area (Å²) in [6.45, 7) is 1.89. The van der Waals surface area contributed by atoms with Crippen LogP contribution in [0.25, 0.3) is 5.78 Å². The molecule has 0 aliphatic heterocycles. The van der Waals surface area contributed by atoms with Crippen LogP contribution in [0.15, 0.2) is 24.4 Å². The summed E-state index contributed by atoms with van der Waals surface area (Å²) in [4.78, 5) is 16.4. The number of carbonyl (C=O) groups is 1. The molecule has 0 saturated heterocycles. The van der Waals surface area contributed by atoms with Crippen LogP contribution >= 0.6 is 0 Å². The number of nitrogens with one attached hydrogen (secondary N) is 1. The van der Waals surface area contributed by atoms with Crippen molar-refractivity contribution < 1.29 is 4.79 Å². The second-order valence-corrected chi connectivity index (χ2v) is 4.73. The number of aryl methyl sites for hydroxylation is 1. The van der Waals surface area contributed by atoms with Gasteiger partial charge in [-0.3, -0.25) is 14.5 Å². The summed E-state index contributed by atoms with van der Waals surface area (Å²) < 4.78 is 1.68. The van der Waals surface area contributed by atoms with Gasteiger partial charge in [0.15, 0.2) is 0 Å². The van der Waals surface area contributed by atoms with Crippen molar-refractivity contribution in [2.45, 2.75) is 26.2 Å². The number of carbonyl (C=O) groups excluding carboxylic acids is 1. The van der Waals surface area contributed by atoms with Crippen molar-refractivity contribution in [2.75, 3.05) is 5.32 Å². The van der Waals surface area contributed by atoms with Crippen molar-refractivity contribution in [3.63, 3.8) is 0 Å². The highest BCUT2D eigenvalue weighted by molar-refractivity contribution is 5.91. The predicted octanol–water partition coefficient (Wildman–Crippen LogP) is 1.73. The largest absolute Gasteiger partial charge is 0.294 e. The van der Waals surface area contributed by atoms with Gasteiger partial charge in [0.05, 0.1) is 0 Å². The average molecular weight is 257 g/mol. The zero-order valence-corrected chi connectivity index (χ0v) is 10.7. The lowest BCUT2D eigenvalue weighted by Gasteiger charge is -2.16. The highest BCUT2D eigenvalue weighted by atomic mass is 16.2. The first-order valence-electron chi connectivity index (χ1n) is 6.38. The molecule has 2 aromatic rings. The Morgan fingerprint density at radius 3 is 3.11 bits per heavy atom. The number of hydrogen-bond donors (Lipinski definition) is 1. The summed E-state index contributed by atoms with van der Waals surface area (Å²) in [6.07, 6.45) is 8.62. The third-order valence-electron chi connectivity index (χ3n) is 3.29. The topological polar surface area (TPSA) is 72.2 Å². The molecule has 0 aromatic carbocycles. The van der Waals surface area contributed by atoms with Gasteiger partial charge in [-0.25, -0.2) is 4.98 Å². The van der Waals surface area contributed by atoms with Gasteiger partial charge < -0.3 is 0 Å². The molecule has 98 valence electrons. The quantitative estimate of drug-likeness (QED) is 0.831. The van der Waals surface area contributed by atoms with E-state index < -0.39 is 0 Å². The minimum atomic E-state index is -0.000718. The molecule has 1 atom stereocenters. The molecular formula is C13H15N5O. The van der Waals surface area contributed by atoms with Crippen LogP contribution in [0.2, 0.25) is 0 Å². The Labute approximate surface area is 110 Å². The van der Waals surface area contributed by atoms with Crippen LogP contribution in [-0.2, 0) is 4.79 Å². The molecule has 6 nitrogen and oxygen atoms in total. The van der Waals surface area contributed by atoms with Crippen LogP contribution < -0.4 is 5.32 Å². The van der Waals surface area contributed by atoms with Crippen LogP contribution in [-0.4, -0.2) is 25.5 Å². The SMILES string of the molecule is Cc1ccn2c(NC(=O)[C@@H]3CC=CCC3)nnc2n1. The zero-order chi connectivity index (χ0) is 13.2.